The Morgan fingerprint density at radius 1 is 0.781 bits per heavy atom. The van der Waals surface area contributed by atoms with Crippen LogP contribution in [0.5, 0.6) is 0 Å². The molecule has 32 heavy (non-hydrogen) atoms. The van der Waals surface area contributed by atoms with Gasteiger partial charge in [-0.25, -0.2) is 4.85 Å². The molecule has 0 saturated carbocycles. The molecule has 4 aromatic carbocycles. The molecule has 4 aromatic rings. The molecule has 3 heteroatoms. The highest BCUT2D eigenvalue weighted by Gasteiger charge is 2.36. The monoisotopic (exact) mass is 411 g/mol. The summed E-state index contributed by atoms with van der Waals surface area (Å²) in [5.41, 5.74) is 8.52. The normalized spacial score (nSPS) is 13.4. The van der Waals surface area contributed by atoms with Crippen molar-refractivity contribution in [2.45, 2.75) is 19.3 Å². The minimum Gasteiger partial charge on any atom is -0.309 e. The molecule has 0 amide bonds. The zero-order chi connectivity index (χ0) is 22.3. The average molecular weight is 412 g/mol. The Kier molecular flexibility index (Phi) is 4.54. The van der Waals surface area contributed by atoms with Crippen LogP contribution in [0.15, 0.2) is 91.0 Å². The standard InChI is InChI=1S/C29H21N3/c1-29(2)24-11-5-8-14-27(24)32(28-15-9-6-12-25(28)29)26-13-7-4-10-23(26)21-16-20(19-30)17-22(18-21)31-3/h4-18H,1-2H3. The molecule has 1 aliphatic rings. The zero-order valence-corrected chi connectivity index (χ0v) is 18.0. The Bertz CT molecular complexity index is 1350. The lowest BCUT2D eigenvalue weighted by molar-refractivity contribution is 0.632. The van der Waals surface area contributed by atoms with E-state index in [2.05, 4.69) is 90.3 Å². The Morgan fingerprint density at radius 2 is 1.34 bits per heavy atom. The van der Waals surface area contributed by atoms with Crippen molar-refractivity contribution in [3.63, 3.8) is 0 Å². The summed E-state index contributed by atoms with van der Waals surface area (Å²) in [6, 6.07) is 32.8. The van der Waals surface area contributed by atoms with Gasteiger partial charge in [0.05, 0.1) is 29.7 Å². The summed E-state index contributed by atoms with van der Waals surface area (Å²) in [4.78, 5) is 5.89. The minimum atomic E-state index is -0.128. The Morgan fingerprint density at radius 3 is 1.94 bits per heavy atom. The van der Waals surface area contributed by atoms with Crippen molar-refractivity contribution in [1.29, 1.82) is 5.26 Å². The van der Waals surface area contributed by atoms with Crippen LogP contribution in [-0.4, -0.2) is 0 Å². The molecule has 3 nitrogen and oxygen atoms in total. The van der Waals surface area contributed by atoms with Crippen molar-refractivity contribution >= 4 is 22.7 Å². The molecule has 0 aromatic heterocycles. The van der Waals surface area contributed by atoms with E-state index in [1.165, 1.54) is 11.1 Å². The van der Waals surface area contributed by atoms with E-state index in [1.807, 2.05) is 24.3 Å². The molecule has 5 rings (SSSR count). The first kappa shape index (κ1) is 19.6. The third-order valence-electron chi connectivity index (χ3n) is 6.27. The molecular formula is C29H21N3. The fourth-order valence-electron chi connectivity index (χ4n) is 4.74. The smallest absolute Gasteiger partial charge is 0.189 e. The summed E-state index contributed by atoms with van der Waals surface area (Å²) in [6.45, 7) is 12.0. The second kappa shape index (κ2) is 7.41. The number of hydrogen-bond acceptors (Lipinski definition) is 2. The van der Waals surface area contributed by atoms with Gasteiger partial charge in [0.25, 0.3) is 0 Å². The van der Waals surface area contributed by atoms with Gasteiger partial charge in [-0.2, -0.15) is 5.26 Å². The number of nitrogens with zero attached hydrogens (tertiary/aromatic N) is 3. The van der Waals surface area contributed by atoms with Crippen molar-refractivity contribution < 1.29 is 0 Å². The largest absolute Gasteiger partial charge is 0.309 e. The number of nitriles is 1. The van der Waals surface area contributed by atoms with E-state index in [1.54, 1.807) is 6.07 Å². The zero-order valence-electron chi connectivity index (χ0n) is 18.0. The summed E-state index contributed by atoms with van der Waals surface area (Å²) in [6.07, 6.45) is 0. The van der Waals surface area contributed by atoms with Gasteiger partial charge < -0.3 is 4.90 Å². The van der Waals surface area contributed by atoms with Crippen LogP contribution in [0.25, 0.3) is 16.0 Å². The van der Waals surface area contributed by atoms with Gasteiger partial charge >= 0.3 is 0 Å². The maximum atomic E-state index is 9.50. The number of rotatable bonds is 2. The van der Waals surface area contributed by atoms with E-state index < -0.39 is 0 Å². The molecule has 0 aliphatic carbocycles. The van der Waals surface area contributed by atoms with E-state index in [0.717, 1.165) is 28.2 Å². The predicted molar refractivity (Wildman–Crippen MR) is 130 cm³/mol. The highest BCUT2D eigenvalue weighted by atomic mass is 15.2. The quantitative estimate of drug-likeness (QED) is 0.314. The van der Waals surface area contributed by atoms with E-state index in [0.29, 0.717) is 11.3 Å². The van der Waals surface area contributed by atoms with Crippen LogP contribution >= 0.6 is 0 Å². The first-order valence-electron chi connectivity index (χ1n) is 10.6. The molecule has 0 fully saturated rings. The van der Waals surface area contributed by atoms with Crippen molar-refractivity contribution in [3.05, 3.63) is 119 Å². The van der Waals surface area contributed by atoms with Gasteiger partial charge in [0.1, 0.15) is 0 Å². The predicted octanol–water partition coefficient (Wildman–Crippen LogP) is 7.89. The van der Waals surface area contributed by atoms with Crippen molar-refractivity contribution in [3.8, 4) is 17.2 Å². The van der Waals surface area contributed by atoms with E-state index in [4.69, 9.17) is 6.57 Å². The van der Waals surface area contributed by atoms with Crippen LogP contribution in [-0.2, 0) is 5.41 Å². The third kappa shape index (κ3) is 2.96. The summed E-state index contributed by atoms with van der Waals surface area (Å²) < 4.78 is 0. The van der Waals surface area contributed by atoms with Crippen LogP contribution in [0, 0.1) is 17.9 Å². The summed E-state index contributed by atoms with van der Waals surface area (Å²) in [7, 11) is 0. The Hall–Kier alpha value is -4.34. The molecule has 0 saturated heterocycles. The first-order valence-corrected chi connectivity index (χ1v) is 10.6. The molecule has 0 radical (unpaired) electrons. The van der Waals surface area contributed by atoms with E-state index in [-0.39, 0.29) is 5.41 Å². The number of para-hydroxylation sites is 3. The van der Waals surface area contributed by atoms with E-state index in [9.17, 15) is 5.26 Å². The lowest BCUT2D eigenvalue weighted by atomic mass is 9.73. The second-order valence-electron chi connectivity index (χ2n) is 8.50. The number of benzene rings is 4. The average Bonchev–Trinajstić information content (AvgIpc) is 2.84. The molecule has 0 N–H and O–H groups in total. The molecule has 0 spiro atoms. The second-order valence-corrected chi connectivity index (χ2v) is 8.50. The molecular weight excluding hydrogens is 390 g/mol. The minimum absolute atomic E-state index is 0.128. The molecule has 0 unspecified atom stereocenters. The van der Waals surface area contributed by atoms with Gasteiger partial charge in [0.2, 0.25) is 0 Å². The van der Waals surface area contributed by atoms with Gasteiger partial charge in [0.15, 0.2) is 5.69 Å². The van der Waals surface area contributed by atoms with Crippen LogP contribution in [0.1, 0.15) is 30.5 Å². The Labute approximate surface area is 188 Å². The third-order valence-corrected chi connectivity index (χ3v) is 6.27. The molecule has 1 aliphatic heterocycles. The van der Waals surface area contributed by atoms with Crippen LogP contribution in [0.4, 0.5) is 22.7 Å². The first-order chi connectivity index (χ1) is 15.5. The van der Waals surface area contributed by atoms with Crippen LogP contribution in [0.2, 0.25) is 0 Å². The maximum absolute atomic E-state index is 9.50. The highest BCUT2D eigenvalue weighted by Crippen LogP contribution is 2.53. The lowest BCUT2D eigenvalue weighted by Crippen LogP contribution is -2.30. The Balaban J connectivity index is 1.81. The molecule has 0 bridgehead atoms. The van der Waals surface area contributed by atoms with Gasteiger partial charge in [0, 0.05) is 16.5 Å². The fraction of sp³-hybridized carbons (Fsp3) is 0.103. The summed E-state index contributed by atoms with van der Waals surface area (Å²) >= 11 is 0. The lowest BCUT2D eigenvalue weighted by Gasteiger charge is -2.42. The van der Waals surface area contributed by atoms with Crippen molar-refractivity contribution in [2.75, 3.05) is 4.90 Å². The van der Waals surface area contributed by atoms with Crippen molar-refractivity contribution in [2.24, 2.45) is 0 Å². The highest BCUT2D eigenvalue weighted by molar-refractivity contribution is 5.93. The summed E-state index contributed by atoms with van der Waals surface area (Å²) in [5.74, 6) is 0. The molecule has 1 heterocycles. The van der Waals surface area contributed by atoms with Gasteiger partial charge in [-0.05, 0) is 53.1 Å². The van der Waals surface area contributed by atoms with Gasteiger partial charge in [-0.15, -0.1) is 0 Å². The van der Waals surface area contributed by atoms with E-state index >= 15 is 0 Å². The van der Waals surface area contributed by atoms with Gasteiger partial charge in [-0.3, -0.25) is 0 Å². The maximum Gasteiger partial charge on any atom is 0.189 e. The van der Waals surface area contributed by atoms with Crippen molar-refractivity contribution in [1.82, 2.24) is 0 Å². The van der Waals surface area contributed by atoms with Crippen LogP contribution < -0.4 is 4.90 Å². The summed E-state index contributed by atoms with van der Waals surface area (Å²) in [5, 5.41) is 9.50. The topological polar surface area (TPSA) is 31.4 Å². The number of fused-ring (bicyclic) bond motifs is 2. The molecule has 0 atom stereocenters. The molecule has 152 valence electrons. The van der Waals surface area contributed by atoms with Gasteiger partial charge in [-0.1, -0.05) is 68.4 Å². The fourth-order valence-corrected chi connectivity index (χ4v) is 4.74. The SMILES string of the molecule is [C-]#[N+]c1cc(C#N)cc(-c2ccccc2N2c3ccccc3C(C)(C)c3ccccc32)c1. The van der Waals surface area contributed by atoms with Crippen LogP contribution in [0.3, 0.4) is 0 Å². The number of anilines is 3. The number of hydrogen-bond donors (Lipinski definition) is 0.